The van der Waals surface area contributed by atoms with E-state index in [-0.39, 0.29) is 10.6 Å². The molecule has 1 aromatic heterocycles. The van der Waals surface area contributed by atoms with Crippen LogP contribution in [0.3, 0.4) is 0 Å². The third kappa shape index (κ3) is 5.39. The molecule has 0 bridgehead atoms. The number of rotatable bonds is 5. The summed E-state index contributed by atoms with van der Waals surface area (Å²) < 4.78 is 51.7. The molecular weight excluding hydrogens is 517 g/mol. The number of pyridine rings is 1. The second-order valence-corrected chi connectivity index (χ2v) is 10.1. The van der Waals surface area contributed by atoms with E-state index in [0.29, 0.717) is 38.2 Å². The highest BCUT2D eigenvalue weighted by Crippen LogP contribution is 2.42. The summed E-state index contributed by atoms with van der Waals surface area (Å²) in [6.45, 7) is 1.90. The lowest BCUT2D eigenvalue weighted by molar-refractivity contribution is -0.137. The molecule has 9 heteroatoms. The lowest BCUT2D eigenvalue weighted by atomic mass is 9.83. The molecule has 1 fully saturated rings. The van der Waals surface area contributed by atoms with Gasteiger partial charge in [-0.3, -0.25) is 0 Å². The van der Waals surface area contributed by atoms with Crippen molar-refractivity contribution in [1.29, 1.82) is 0 Å². The van der Waals surface area contributed by atoms with E-state index in [1.807, 2.05) is 30.3 Å². The molecule has 0 spiro atoms. The highest BCUT2D eigenvalue weighted by molar-refractivity contribution is 6.31. The number of aromatic nitrogens is 1. The molecule has 5 rings (SSSR count). The number of alkyl halides is 3. The smallest absolute Gasteiger partial charge is 0.417 e. The van der Waals surface area contributed by atoms with Gasteiger partial charge in [0.1, 0.15) is 11.5 Å². The summed E-state index contributed by atoms with van der Waals surface area (Å²) in [6, 6.07) is 13.3. The van der Waals surface area contributed by atoms with Crippen molar-refractivity contribution < 1.29 is 27.8 Å². The summed E-state index contributed by atoms with van der Waals surface area (Å²) in [4.78, 5) is 6.65. The van der Waals surface area contributed by atoms with Crippen molar-refractivity contribution in [1.82, 2.24) is 9.88 Å². The molecular formula is C29H28ClF3N2O3. The first-order chi connectivity index (χ1) is 18.2. The SMILES string of the molecule is COc1cccc2c1CC(=CCCN1CCC(O)(c3ccc(Cl)c(C(F)(F)F)c3)CC1)c1cccnc1O2. The third-order valence-corrected chi connectivity index (χ3v) is 7.66. The highest BCUT2D eigenvalue weighted by atomic mass is 35.5. The summed E-state index contributed by atoms with van der Waals surface area (Å²) in [6.07, 6.45) is 1.39. The number of hydrogen-bond acceptors (Lipinski definition) is 5. The minimum Gasteiger partial charge on any atom is -0.496 e. The normalized spacial score (nSPS) is 18.3. The zero-order chi connectivity index (χ0) is 26.9. The van der Waals surface area contributed by atoms with Crippen LogP contribution in [0.15, 0.2) is 60.8 Å². The molecule has 3 heterocycles. The van der Waals surface area contributed by atoms with Crippen molar-refractivity contribution in [3.8, 4) is 17.4 Å². The van der Waals surface area contributed by atoms with Crippen LogP contribution in [0.4, 0.5) is 13.2 Å². The summed E-state index contributed by atoms with van der Waals surface area (Å²) in [5, 5.41) is 10.8. The predicted molar refractivity (Wildman–Crippen MR) is 140 cm³/mol. The first-order valence-electron chi connectivity index (χ1n) is 12.5. The highest BCUT2D eigenvalue weighted by Gasteiger charge is 2.38. The minimum atomic E-state index is -4.57. The van der Waals surface area contributed by atoms with Crippen molar-refractivity contribution >= 4 is 17.2 Å². The maximum atomic E-state index is 13.3. The topological polar surface area (TPSA) is 54.8 Å². The molecule has 0 unspecified atom stereocenters. The van der Waals surface area contributed by atoms with Gasteiger partial charge < -0.3 is 19.5 Å². The molecule has 200 valence electrons. The minimum absolute atomic E-state index is 0.256. The Morgan fingerprint density at radius 1 is 1.16 bits per heavy atom. The van der Waals surface area contributed by atoms with E-state index >= 15 is 0 Å². The standard InChI is InChI=1S/C29H28ClF3N2O3/c1-37-25-7-2-8-26-22(25)17-19(21-6-3-13-34-27(21)38-26)5-4-14-35-15-11-28(36,12-16-35)20-9-10-24(30)23(18-20)29(31,32)33/h2-3,5-10,13,18,36H,4,11-12,14-17H2,1H3. The van der Waals surface area contributed by atoms with E-state index in [4.69, 9.17) is 21.1 Å². The quantitative estimate of drug-likeness (QED) is 0.380. The number of benzene rings is 2. The maximum absolute atomic E-state index is 13.3. The number of fused-ring (bicyclic) bond motifs is 2. The molecule has 0 saturated carbocycles. The van der Waals surface area contributed by atoms with Gasteiger partial charge in [0, 0.05) is 43.4 Å². The summed E-state index contributed by atoms with van der Waals surface area (Å²) in [7, 11) is 1.64. The molecule has 1 N–H and O–H groups in total. The van der Waals surface area contributed by atoms with Gasteiger partial charge in [-0.15, -0.1) is 0 Å². The zero-order valence-electron chi connectivity index (χ0n) is 20.9. The molecule has 2 aliphatic rings. The first-order valence-corrected chi connectivity index (χ1v) is 12.9. The van der Waals surface area contributed by atoms with E-state index in [2.05, 4.69) is 16.0 Å². The van der Waals surface area contributed by atoms with Crippen LogP contribution in [0.1, 0.15) is 41.5 Å². The number of ether oxygens (including phenoxy) is 2. The van der Waals surface area contributed by atoms with Gasteiger partial charge in [-0.1, -0.05) is 29.8 Å². The van der Waals surface area contributed by atoms with E-state index in [0.717, 1.165) is 47.2 Å². The Bertz CT molecular complexity index is 1350. The zero-order valence-corrected chi connectivity index (χ0v) is 21.6. The molecule has 0 aliphatic carbocycles. The van der Waals surface area contributed by atoms with Gasteiger partial charge in [-0.2, -0.15) is 13.2 Å². The average Bonchev–Trinajstić information content (AvgIpc) is 3.06. The first kappa shape index (κ1) is 26.5. The molecule has 1 saturated heterocycles. The van der Waals surface area contributed by atoms with Gasteiger partial charge in [-0.05, 0) is 66.8 Å². The number of halogens is 4. The number of methoxy groups -OCH3 is 1. The Morgan fingerprint density at radius 3 is 2.68 bits per heavy atom. The fraction of sp³-hybridized carbons (Fsp3) is 0.345. The van der Waals surface area contributed by atoms with Gasteiger partial charge >= 0.3 is 6.18 Å². The number of likely N-dealkylation sites (tertiary alicyclic amines) is 1. The van der Waals surface area contributed by atoms with Crippen molar-refractivity contribution in [3.05, 3.63) is 88.1 Å². The lowest BCUT2D eigenvalue weighted by Crippen LogP contribution is -2.42. The third-order valence-electron chi connectivity index (χ3n) is 7.33. The van der Waals surface area contributed by atoms with Crippen molar-refractivity contribution in [3.63, 3.8) is 0 Å². The number of nitrogens with zero attached hydrogens (tertiary/aromatic N) is 2. The number of allylic oxidation sites excluding steroid dienone is 1. The Labute approximate surface area is 224 Å². The predicted octanol–water partition coefficient (Wildman–Crippen LogP) is 6.87. The Hall–Kier alpha value is -3.07. The van der Waals surface area contributed by atoms with Crippen molar-refractivity contribution in [2.45, 2.75) is 37.5 Å². The average molecular weight is 545 g/mol. The number of piperidine rings is 1. The van der Waals surface area contributed by atoms with Crippen molar-refractivity contribution in [2.75, 3.05) is 26.7 Å². The van der Waals surface area contributed by atoms with Gasteiger partial charge in [0.05, 0.1) is 23.3 Å². The van der Waals surface area contributed by atoms with Crippen LogP contribution in [-0.4, -0.2) is 41.7 Å². The van der Waals surface area contributed by atoms with Crippen LogP contribution in [0.5, 0.6) is 17.4 Å². The Kier molecular flexibility index (Phi) is 7.40. The van der Waals surface area contributed by atoms with E-state index in [1.165, 1.54) is 12.1 Å². The maximum Gasteiger partial charge on any atom is 0.417 e. The van der Waals surface area contributed by atoms with Crippen LogP contribution >= 0.6 is 11.6 Å². The Balaban J connectivity index is 1.28. The Morgan fingerprint density at radius 2 is 1.95 bits per heavy atom. The fourth-order valence-electron chi connectivity index (χ4n) is 5.18. The second kappa shape index (κ2) is 10.6. The van der Waals surface area contributed by atoms with Gasteiger partial charge in [0.25, 0.3) is 0 Å². The molecule has 3 aromatic rings. The number of aliphatic hydroxyl groups is 1. The molecule has 0 amide bonds. The van der Waals surface area contributed by atoms with Crippen LogP contribution in [0, 0.1) is 0 Å². The molecule has 38 heavy (non-hydrogen) atoms. The molecule has 2 aromatic carbocycles. The second-order valence-electron chi connectivity index (χ2n) is 9.66. The molecule has 5 nitrogen and oxygen atoms in total. The van der Waals surface area contributed by atoms with E-state index in [9.17, 15) is 18.3 Å². The number of hydrogen-bond donors (Lipinski definition) is 1. The molecule has 2 aliphatic heterocycles. The van der Waals surface area contributed by atoms with Crippen LogP contribution in [0.25, 0.3) is 5.57 Å². The monoisotopic (exact) mass is 544 g/mol. The summed E-state index contributed by atoms with van der Waals surface area (Å²) >= 11 is 5.76. The largest absolute Gasteiger partial charge is 0.496 e. The fourth-order valence-corrected chi connectivity index (χ4v) is 5.41. The van der Waals surface area contributed by atoms with Crippen LogP contribution < -0.4 is 9.47 Å². The van der Waals surface area contributed by atoms with Gasteiger partial charge in [0.2, 0.25) is 5.88 Å². The van der Waals surface area contributed by atoms with E-state index < -0.39 is 17.3 Å². The van der Waals surface area contributed by atoms with E-state index in [1.54, 1.807) is 13.3 Å². The van der Waals surface area contributed by atoms with Crippen LogP contribution in [-0.2, 0) is 18.2 Å². The van der Waals surface area contributed by atoms with Gasteiger partial charge in [0.15, 0.2) is 0 Å². The van der Waals surface area contributed by atoms with Crippen LogP contribution in [0.2, 0.25) is 5.02 Å². The van der Waals surface area contributed by atoms with Gasteiger partial charge in [-0.25, -0.2) is 4.98 Å². The summed E-state index contributed by atoms with van der Waals surface area (Å²) in [5.41, 5.74) is 1.00. The lowest BCUT2D eigenvalue weighted by Gasteiger charge is -2.38. The molecule has 0 radical (unpaired) electrons. The van der Waals surface area contributed by atoms with Crippen molar-refractivity contribution in [2.24, 2.45) is 0 Å². The molecule has 0 atom stereocenters. The summed E-state index contributed by atoms with van der Waals surface area (Å²) in [5.74, 6) is 2.03.